The molecule has 0 aliphatic carbocycles. The number of esters is 3. The van der Waals surface area contributed by atoms with Gasteiger partial charge in [-0.05, 0) is 83.5 Å². The lowest BCUT2D eigenvalue weighted by atomic mass is 10.0. The molecular weight excluding hydrogens is 961 g/mol. The Morgan fingerprint density at radius 2 is 0.513 bits per heavy atom. The number of unbranched alkanes of at least 4 members (excludes halogenated alkanes) is 39. The SMILES string of the molecule is CC/C=C\C/C=C\C/C=C\C/C=C\C/C=C\CCCC(=O)OC(COC(=O)CCCCCCCCCC)COC(=O)CCCCCCCCCCCCCCCCCCCCCCCCC/C=C\CCCCCCCCCC. The number of carbonyl (C=O) groups excluding carboxylic acids is 3. The predicted octanol–water partition coefficient (Wildman–Crippen LogP) is 23.3. The van der Waals surface area contributed by atoms with Crippen LogP contribution in [0.15, 0.2) is 72.9 Å². The minimum absolute atomic E-state index is 0.0943. The highest BCUT2D eigenvalue weighted by Gasteiger charge is 2.19. The maximum atomic E-state index is 12.8. The maximum Gasteiger partial charge on any atom is 0.306 e. The van der Waals surface area contributed by atoms with Crippen molar-refractivity contribution in [3.05, 3.63) is 72.9 Å². The summed E-state index contributed by atoms with van der Waals surface area (Å²) in [6, 6.07) is 0. The van der Waals surface area contributed by atoms with Gasteiger partial charge in [-0.2, -0.15) is 0 Å². The first-order chi connectivity index (χ1) is 38.5. The fraction of sp³-hybridized carbons (Fsp3) is 0.792. The number of ether oxygens (including phenoxy) is 3. The van der Waals surface area contributed by atoms with Gasteiger partial charge in [0.15, 0.2) is 6.10 Å². The topological polar surface area (TPSA) is 78.9 Å². The van der Waals surface area contributed by atoms with Crippen LogP contribution in [-0.4, -0.2) is 37.2 Å². The lowest BCUT2D eigenvalue weighted by molar-refractivity contribution is -0.167. The van der Waals surface area contributed by atoms with Crippen molar-refractivity contribution in [3.8, 4) is 0 Å². The number of allylic oxidation sites excluding steroid dienone is 12. The summed E-state index contributed by atoms with van der Waals surface area (Å²) in [5.74, 6) is -0.944. The molecule has 1 atom stereocenters. The van der Waals surface area contributed by atoms with Gasteiger partial charge in [0.05, 0.1) is 0 Å². The molecule has 0 rings (SSSR count). The van der Waals surface area contributed by atoms with E-state index >= 15 is 0 Å². The number of carbonyl (C=O) groups is 3. The highest BCUT2D eigenvalue weighted by atomic mass is 16.6. The zero-order valence-electron chi connectivity index (χ0n) is 51.9. The van der Waals surface area contributed by atoms with Crippen molar-refractivity contribution in [2.45, 2.75) is 354 Å². The summed E-state index contributed by atoms with van der Waals surface area (Å²) in [7, 11) is 0. The average Bonchev–Trinajstić information content (AvgIpc) is 3.44. The summed E-state index contributed by atoms with van der Waals surface area (Å²) in [6.45, 7) is 6.48. The highest BCUT2D eigenvalue weighted by molar-refractivity contribution is 5.71. The molecule has 0 fully saturated rings. The summed E-state index contributed by atoms with van der Waals surface area (Å²) in [5.41, 5.74) is 0. The Morgan fingerprint density at radius 1 is 0.269 bits per heavy atom. The predicted molar refractivity (Wildman–Crippen MR) is 339 cm³/mol. The van der Waals surface area contributed by atoms with E-state index in [1.54, 1.807) is 0 Å². The van der Waals surface area contributed by atoms with Crippen LogP contribution in [0.5, 0.6) is 0 Å². The Hall–Kier alpha value is -3.15. The van der Waals surface area contributed by atoms with E-state index in [-0.39, 0.29) is 37.5 Å². The second kappa shape index (κ2) is 66.4. The first-order valence-electron chi connectivity index (χ1n) is 33.9. The van der Waals surface area contributed by atoms with Gasteiger partial charge >= 0.3 is 17.9 Å². The molecule has 0 saturated carbocycles. The molecule has 0 aliphatic heterocycles. The molecule has 0 amide bonds. The van der Waals surface area contributed by atoms with Crippen LogP contribution in [0, 0.1) is 0 Å². The molecule has 0 aliphatic rings. The minimum Gasteiger partial charge on any atom is -0.462 e. The molecule has 0 saturated heterocycles. The number of rotatable bonds is 62. The van der Waals surface area contributed by atoms with Gasteiger partial charge in [0.1, 0.15) is 13.2 Å². The number of hydrogen-bond acceptors (Lipinski definition) is 6. The third-order valence-electron chi connectivity index (χ3n) is 14.9. The zero-order valence-corrected chi connectivity index (χ0v) is 51.9. The van der Waals surface area contributed by atoms with Gasteiger partial charge in [0, 0.05) is 19.3 Å². The molecule has 452 valence electrons. The van der Waals surface area contributed by atoms with E-state index in [0.29, 0.717) is 19.3 Å². The third kappa shape index (κ3) is 63.7. The lowest BCUT2D eigenvalue weighted by Crippen LogP contribution is -2.30. The Kier molecular flexibility index (Phi) is 63.7. The Bertz CT molecular complexity index is 1440. The van der Waals surface area contributed by atoms with Crippen molar-refractivity contribution < 1.29 is 28.6 Å². The van der Waals surface area contributed by atoms with Crippen LogP contribution in [0.2, 0.25) is 0 Å². The van der Waals surface area contributed by atoms with Crippen LogP contribution in [0.3, 0.4) is 0 Å². The number of hydrogen-bond donors (Lipinski definition) is 0. The van der Waals surface area contributed by atoms with Crippen molar-refractivity contribution in [1.82, 2.24) is 0 Å². The van der Waals surface area contributed by atoms with Crippen LogP contribution in [0.1, 0.15) is 348 Å². The van der Waals surface area contributed by atoms with Crippen molar-refractivity contribution in [1.29, 1.82) is 0 Å². The lowest BCUT2D eigenvalue weighted by Gasteiger charge is -2.18. The summed E-state index contributed by atoms with van der Waals surface area (Å²) < 4.78 is 16.8. The maximum absolute atomic E-state index is 12.8. The van der Waals surface area contributed by atoms with Crippen LogP contribution >= 0.6 is 0 Å². The summed E-state index contributed by atoms with van der Waals surface area (Å²) in [6.07, 6.45) is 86.9. The molecule has 6 nitrogen and oxygen atoms in total. The summed E-state index contributed by atoms with van der Waals surface area (Å²) >= 11 is 0. The fourth-order valence-electron chi connectivity index (χ4n) is 9.89. The molecule has 0 radical (unpaired) electrons. The monoisotopic (exact) mass is 1090 g/mol. The standard InChI is InChI=1S/C72H128O6/c1-4-7-10-13-16-19-21-23-25-27-28-29-30-31-32-33-34-35-36-37-38-39-40-41-42-43-44-46-47-49-51-53-56-59-62-65-71(74)77-68-69(67-76-70(73)64-61-58-55-18-15-12-9-6-3)78-72(75)66-63-60-57-54-52-50-48-45-26-24-22-20-17-14-11-8-5-2/h8,11,17,20,24,26-28,48,50,54,57,69H,4-7,9-10,12-16,18-19,21-23,25,29-47,49,51-53,55-56,58-68H2,1-3H3/b11-8-,20-17-,26-24-,28-27-,50-48-,57-54-. The third-order valence-corrected chi connectivity index (χ3v) is 14.9. The molecule has 0 aromatic heterocycles. The molecular formula is C72H128O6. The molecule has 0 aromatic carbocycles. The van der Waals surface area contributed by atoms with E-state index in [9.17, 15) is 14.4 Å². The first-order valence-corrected chi connectivity index (χ1v) is 33.9. The van der Waals surface area contributed by atoms with E-state index in [2.05, 4.69) is 93.7 Å². The Morgan fingerprint density at radius 3 is 0.833 bits per heavy atom. The molecule has 0 heterocycles. The normalized spacial score (nSPS) is 12.5. The smallest absolute Gasteiger partial charge is 0.306 e. The van der Waals surface area contributed by atoms with Gasteiger partial charge in [-0.15, -0.1) is 0 Å². The van der Waals surface area contributed by atoms with Gasteiger partial charge in [-0.1, -0.05) is 318 Å². The summed E-state index contributed by atoms with van der Waals surface area (Å²) in [5, 5.41) is 0. The Balaban J connectivity index is 4.01. The zero-order chi connectivity index (χ0) is 56.4. The van der Waals surface area contributed by atoms with E-state index in [4.69, 9.17) is 14.2 Å². The molecule has 0 bridgehead atoms. The van der Waals surface area contributed by atoms with E-state index in [0.717, 1.165) is 77.0 Å². The second-order valence-electron chi connectivity index (χ2n) is 22.7. The average molecular weight is 1090 g/mol. The molecule has 6 heteroatoms. The Labute approximate surface area is 484 Å². The quantitative estimate of drug-likeness (QED) is 0.0261. The largest absolute Gasteiger partial charge is 0.462 e. The molecule has 1 unspecified atom stereocenters. The summed E-state index contributed by atoms with van der Waals surface area (Å²) in [4.78, 5) is 38.1. The van der Waals surface area contributed by atoms with E-state index in [1.807, 2.05) is 0 Å². The van der Waals surface area contributed by atoms with Crippen molar-refractivity contribution >= 4 is 17.9 Å². The van der Waals surface area contributed by atoms with Crippen molar-refractivity contribution in [2.24, 2.45) is 0 Å². The van der Waals surface area contributed by atoms with Crippen molar-refractivity contribution in [2.75, 3.05) is 13.2 Å². The second-order valence-corrected chi connectivity index (χ2v) is 22.7. The fourth-order valence-corrected chi connectivity index (χ4v) is 9.89. The molecule has 78 heavy (non-hydrogen) atoms. The van der Waals surface area contributed by atoms with Gasteiger partial charge in [0.25, 0.3) is 0 Å². The van der Waals surface area contributed by atoms with Crippen LogP contribution in [-0.2, 0) is 28.6 Å². The van der Waals surface area contributed by atoms with Crippen molar-refractivity contribution in [3.63, 3.8) is 0 Å². The van der Waals surface area contributed by atoms with Crippen LogP contribution in [0.4, 0.5) is 0 Å². The highest BCUT2D eigenvalue weighted by Crippen LogP contribution is 2.18. The van der Waals surface area contributed by atoms with Crippen LogP contribution < -0.4 is 0 Å². The van der Waals surface area contributed by atoms with Gasteiger partial charge in [0.2, 0.25) is 0 Å². The first kappa shape index (κ1) is 74.8. The van der Waals surface area contributed by atoms with Gasteiger partial charge in [-0.3, -0.25) is 14.4 Å². The molecule has 0 spiro atoms. The van der Waals surface area contributed by atoms with E-state index < -0.39 is 6.10 Å². The van der Waals surface area contributed by atoms with Gasteiger partial charge in [-0.25, -0.2) is 0 Å². The molecule has 0 aromatic rings. The molecule has 0 N–H and O–H groups in total. The van der Waals surface area contributed by atoms with E-state index in [1.165, 1.54) is 225 Å². The van der Waals surface area contributed by atoms with Gasteiger partial charge < -0.3 is 14.2 Å². The minimum atomic E-state index is -0.801. The van der Waals surface area contributed by atoms with Crippen LogP contribution in [0.25, 0.3) is 0 Å².